The molecule has 0 fully saturated rings. The summed E-state index contributed by atoms with van der Waals surface area (Å²) in [6.45, 7) is 13.9. The molecule has 0 radical (unpaired) electrons. The van der Waals surface area contributed by atoms with Crippen molar-refractivity contribution in [2.75, 3.05) is 13.2 Å². The second kappa shape index (κ2) is 11.2. The quantitative estimate of drug-likeness (QED) is 0.305. The van der Waals surface area contributed by atoms with Gasteiger partial charge < -0.3 is 9.47 Å². The Balaban J connectivity index is 2.56. The van der Waals surface area contributed by atoms with E-state index in [1.807, 2.05) is 0 Å². The van der Waals surface area contributed by atoms with Crippen molar-refractivity contribution < 1.29 is 19.1 Å². The smallest absolute Gasteiger partial charge is 0.339 e. The summed E-state index contributed by atoms with van der Waals surface area (Å²) >= 11 is 0. The van der Waals surface area contributed by atoms with E-state index in [2.05, 4.69) is 41.5 Å². The minimum Gasteiger partial charge on any atom is -0.462 e. The van der Waals surface area contributed by atoms with Crippen LogP contribution in [0, 0.1) is 10.8 Å². The lowest BCUT2D eigenvalue weighted by atomic mass is 9.85. The number of benzene rings is 1. The van der Waals surface area contributed by atoms with Crippen LogP contribution in [-0.4, -0.2) is 25.2 Å². The predicted molar refractivity (Wildman–Crippen MR) is 114 cm³/mol. The molecule has 0 bridgehead atoms. The summed E-state index contributed by atoms with van der Waals surface area (Å²) < 4.78 is 10.8. The van der Waals surface area contributed by atoms with Crippen molar-refractivity contribution >= 4 is 11.9 Å². The summed E-state index contributed by atoms with van der Waals surface area (Å²) in [5.74, 6) is -0.928. The number of carbonyl (C=O) groups is 2. The van der Waals surface area contributed by atoms with Gasteiger partial charge in [0.25, 0.3) is 0 Å². The third-order valence-corrected chi connectivity index (χ3v) is 5.74. The molecular weight excluding hydrogens is 352 g/mol. The number of carbonyl (C=O) groups excluding carboxylic acids is 2. The van der Waals surface area contributed by atoms with Gasteiger partial charge in [-0.3, -0.25) is 0 Å². The van der Waals surface area contributed by atoms with Gasteiger partial charge in [0, 0.05) is 0 Å². The zero-order valence-electron chi connectivity index (χ0n) is 18.6. The fraction of sp³-hybridized carbons (Fsp3) is 0.667. The fourth-order valence-corrected chi connectivity index (χ4v) is 2.78. The van der Waals surface area contributed by atoms with E-state index in [0.29, 0.717) is 13.2 Å². The van der Waals surface area contributed by atoms with E-state index in [9.17, 15) is 9.59 Å². The van der Waals surface area contributed by atoms with E-state index in [-0.39, 0.29) is 22.0 Å². The second-order valence-corrected chi connectivity index (χ2v) is 9.06. The fourth-order valence-electron chi connectivity index (χ4n) is 2.78. The van der Waals surface area contributed by atoms with E-state index < -0.39 is 11.9 Å². The Hall–Kier alpha value is -1.84. The van der Waals surface area contributed by atoms with Crippen molar-refractivity contribution in [3.05, 3.63) is 35.4 Å². The van der Waals surface area contributed by atoms with Gasteiger partial charge in [-0.05, 0) is 48.6 Å². The monoisotopic (exact) mass is 390 g/mol. The lowest BCUT2D eigenvalue weighted by Gasteiger charge is -2.22. The van der Waals surface area contributed by atoms with Crippen LogP contribution in [0.15, 0.2) is 24.3 Å². The molecule has 0 aliphatic carbocycles. The normalized spacial score (nSPS) is 11.9. The van der Waals surface area contributed by atoms with E-state index in [4.69, 9.17) is 9.47 Å². The highest BCUT2D eigenvalue weighted by atomic mass is 16.5. The van der Waals surface area contributed by atoms with E-state index in [0.717, 1.165) is 38.5 Å². The molecular formula is C24H38O4. The molecule has 4 heteroatoms. The van der Waals surface area contributed by atoms with Crippen LogP contribution < -0.4 is 0 Å². The Morgan fingerprint density at radius 1 is 0.750 bits per heavy atom. The van der Waals surface area contributed by atoms with Crippen LogP contribution >= 0.6 is 0 Å². The third kappa shape index (κ3) is 8.45. The van der Waals surface area contributed by atoms with Crippen molar-refractivity contribution in [3.63, 3.8) is 0 Å². The van der Waals surface area contributed by atoms with Gasteiger partial charge in [0.15, 0.2) is 0 Å². The lowest BCUT2D eigenvalue weighted by molar-refractivity contribution is 0.0439. The Labute approximate surface area is 171 Å². The van der Waals surface area contributed by atoms with E-state index >= 15 is 0 Å². The van der Waals surface area contributed by atoms with Gasteiger partial charge in [-0.25, -0.2) is 9.59 Å². The predicted octanol–water partition coefficient (Wildman–Crippen LogP) is 6.43. The van der Waals surface area contributed by atoms with Crippen molar-refractivity contribution in [2.45, 2.75) is 80.1 Å². The largest absolute Gasteiger partial charge is 0.462 e. The maximum absolute atomic E-state index is 12.4. The Bertz CT molecular complexity index is 576. The maximum Gasteiger partial charge on any atom is 0.339 e. The van der Waals surface area contributed by atoms with Crippen molar-refractivity contribution in [1.29, 1.82) is 0 Å². The molecule has 28 heavy (non-hydrogen) atoms. The minimum absolute atomic E-state index is 0.250. The number of hydrogen-bond acceptors (Lipinski definition) is 4. The third-order valence-electron chi connectivity index (χ3n) is 5.74. The summed E-state index contributed by atoms with van der Waals surface area (Å²) in [5, 5.41) is 0. The van der Waals surface area contributed by atoms with Crippen LogP contribution in [0.3, 0.4) is 0 Å². The van der Waals surface area contributed by atoms with Gasteiger partial charge in [0.1, 0.15) is 0 Å². The number of rotatable bonds is 12. The first-order chi connectivity index (χ1) is 13.1. The molecule has 0 aliphatic rings. The molecule has 158 valence electrons. The SMILES string of the molecule is CCC(C)(C)CCCOC(=O)c1ccccc1C(=O)OCCCC(C)(C)CC. The number of ether oxygens (including phenoxy) is 2. The highest BCUT2D eigenvalue weighted by Gasteiger charge is 2.20. The highest BCUT2D eigenvalue weighted by Crippen LogP contribution is 2.27. The van der Waals surface area contributed by atoms with Crippen LogP contribution in [0.4, 0.5) is 0 Å². The average Bonchev–Trinajstić information content (AvgIpc) is 2.68. The van der Waals surface area contributed by atoms with Crippen molar-refractivity contribution in [2.24, 2.45) is 10.8 Å². The van der Waals surface area contributed by atoms with Gasteiger partial charge in [0.2, 0.25) is 0 Å². The van der Waals surface area contributed by atoms with Crippen LogP contribution in [-0.2, 0) is 9.47 Å². The van der Waals surface area contributed by atoms with Crippen molar-refractivity contribution in [3.8, 4) is 0 Å². The summed E-state index contributed by atoms with van der Waals surface area (Å²) in [7, 11) is 0. The molecule has 0 saturated carbocycles. The second-order valence-electron chi connectivity index (χ2n) is 9.06. The van der Waals surface area contributed by atoms with Gasteiger partial charge >= 0.3 is 11.9 Å². The van der Waals surface area contributed by atoms with Crippen LogP contribution in [0.1, 0.15) is 101 Å². The van der Waals surface area contributed by atoms with Gasteiger partial charge in [-0.1, -0.05) is 66.5 Å². The first kappa shape index (κ1) is 24.2. The molecule has 0 amide bonds. The standard InChI is InChI=1S/C24H38O4/c1-7-23(3,4)15-11-17-27-21(25)19-13-9-10-14-20(19)22(26)28-18-12-16-24(5,6)8-2/h9-10,13-14H,7-8,11-12,15-18H2,1-6H3. The Morgan fingerprint density at radius 3 is 1.43 bits per heavy atom. The van der Waals surface area contributed by atoms with Crippen LogP contribution in [0.5, 0.6) is 0 Å². The Morgan fingerprint density at radius 2 is 1.11 bits per heavy atom. The summed E-state index contributed by atoms with van der Waals surface area (Å²) in [5.41, 5.74) is 1.05. The van der Waals surface area contributed by atoms with Gasteiger partial charge in [-0.15, -0.1) is 0 Å². The number of esters is 2. The van der Waals surface area contributed by atoms with Crippen molar-refractivity contribution in [1.82, 2.24) is 0 Å². The zero-order chi connectivity index (χ0) is 21.2. The zero-order valence-corrected chi connectivity index (χ0v) is 18.6. The minimum atomic E-state index is -0.464. The topological polar surface area (TPSA) is 52.6 Å². The average molecular weight is 391 g/mol. The molecule has 0 unspecified atom stereocenters. The molecule has 0 heterocycles. The van der Waals surface area contributed by atoms with E-state index in [1.54, 1.807) is 24.3 Å². The maximum atomic E-state index is 12.4. The molecule has 0 saturated heterocycles. The molecule has 0 aromatic heterocycles. The lowest BCUT2D eigenvalue weighted by Crippen LogP contribution is -2.17. The molecule has 0 atom stereocenters. The highest BCUT2D eigenvalue weighted by molar-refractivity contribution is 6.03. The first-order valence-electron chi connectivity index (χ1n) is 10.5. The number of hydrogen-bond donors (Lipinski definition) is 0. The van der Waals surface area contributed by atoms with Crippen LogP contribution in [0.25, 0.3) is 0 Å². The summed E-state index contributed by atoms with van der Waals surface area (Å²) in [6.07, 6.45) is 5.79. The van der Waals surface area contributed by atoms with Crippen LogP contribution in [0.2, 0.25) is 0 Å². The van der Waals surface area contributed by atoms with E-state index in [1.165, 1.54) is 0 Å². The molecule has 0 N–H and O–H groups in total. The summed E-state index contributed by atoms with van der Waals surface area (Å²) in [6, 6.07) is 6.71. The molecule has 4 nitrogen and oxygen atoms in total. The van der Waals surface area contributed by atoms with Gasteiger partial charge in [-0.2, -0.15) is 0 Å². The Kier molecular flexibility index (Phi) is 9.71. The molecule has 1 aromatic rings. The molecule has 0 spiro atoms. The molecule has 1 rings (SSSR count). The van der Waals surface area contributed by atoms with Gasteiger partial charge in [0.05, 0.1) is 24.3 Å². The molecule has 1 aromatic carbocycles. The molecule has 0 aliphatic heterocycles. The first-order valence-corrected chi connectivity index (χ1v) is 10.5. The summed E-state index contributed by atoms with van der Waals surface area (Å²) in [4.78, 5) is 24.9.